The maximum Gasteiger partial charge on any atom is 0.313 e. The summed E-state index contributed by atoms with van der Waals surface area (Å²) in [5, 5.41) is 0. The van der Waals surface area contributed by atoms with Gasteiger partial charge in [0.25, 0.3) is 0 Å². The Morgan fingerprint density at radius 3 is 2.18 bits per heavy atom. The van der Waals surface area contributed by atoms with Crippen LogP contribution in [0.2, 0.25) is 0 Å². The van der Waals surface area contributed by atoms with Crippen LogP contribution in [0.1, 0.15) is 38.3 Å². The Morgan fingerprint density at radius 2 is 1.55 bits per heavy atom. The van der Waals surface area contributed by atoms with E-state index in [9.17, 15) is 8.42 Å². The normalized spacial score (nSPS) is 12.1. The molecule has 0 saturated heterocycles. The van der Waals surface area contributed by atoms with Gasteiger partial charge in [0, 0.05) is 5.56 Å². The van der Waals surface area contributed by atoms with E-state index < -0.39 is 10.1 Å². The molecule has 0 saturated carbocycles. The molecule has 118 valence electrons. The number of para-hydroxylation sites is 1. The van der Waals surface area contributed by atoms with E-state index in [2.05, 4.69) is 20.8 Å². The van der Waals surface area contributed by atoms with Gasteiger partial charge in [-0.25, -0.2) is 0 Å². The predicted octanol–water partition coefficient (Wildman–Crippen LogP) is 4.28. The molecule has 0 heterocycles. The third-order valence-electron chi connectivity index (χ3n) is 3.90. The zero-order valence-corrected chi connectivity index (χ0v) is 14.1. The molecule has 2 aromatic rings. The van der Waals surface area contributed by atoms with Crippen LogP contribution in [-0.4, -0.2) is 8.42 Å². The van der Waals surface area contributed by atoms with Crippen LogP contribution in [0.3, 0.4) is 0 Å². The molecule has 0 aliphatic heterocycles. The van der Waals surface area contributed by atoms with Crippen molar-refractivity contribution in [2.75, 3.05) is 0 Å². The molecule has 4 heteroatoms. The molecule has 0 unspecified atom stereocenters. The summed E-state index contributed by atoms with van der Waals surface area (Å²) in [6, 6.07) is 16.4. The average molecular weight is 318 g/mol. The van der Waals surface area contributed by atoms with Gasteiger partial charge in [-0.1, -0.05) is 69.3 Å². The topological polar surface area (TPSA) is 43.4 Å². The van der Waals surface area contributed by atoms with E-state index in [1.807, 2.05) is 30.3 Å². The van der Waals surface area contributed by atoms with Crippen LogP contribution >= 0.6 is 0 Å². The highest BCUT2D eigenvalue weighted by Crippen LogP contribution is 2.34. The molecular formula is C18H22O3S. The van der Waals surface area contributed by atoms with Crippen molar-refractivity contribution in [2.45, 2.75) is 38.4 Å². The van der Waals surface area contributed by atoms with E-state index in [-0.39, 0.29) is 11.2 Å². The third kappa shape index (κ3) is 4.10. The minimum absolute atomic E-state index is 0.130. The van der Waals surface area contributed by atoms with E-state index in [4.69, 9.17) is 4.18 Å². The summed E-state index contributed by atoms with van der Waals surface area (Å²) in [5.41, 5.74) is 1.49. The summed E-state index contributed by atoms with van der Waals surface area (Å²) < 4.78 is 30.0. The Morgan fingerprint density at radius 1 is 0.955 bits per heavy atom. The molecule has 2 aromatic carbocycles. The fraction of sp³-hybridized carbons (Fsp3) is 0.333. The van der Waals surface area contributed by atoms with Gasteiger partial charge in [-0.3, -0.25) is 0 Å². The maximum atomic E-state index is 12.3. The first-order valence-corrected chi connectivity index (χ1v) is 8.97. The third-order valence-corrected chi connectivity index (χ3v) is 5.02. The number of rotatable bonds is 6. The average Bonchev–Trinajstić information content (AvgIpc) is 2.47. The second-order valence-electron chi connectivity index (χ2n) is 6.00. The van der Waals surface area contributed by atoms with Crippen molar-refractivity contribution in [3.05, 3.63) is 65.7 Å². The highest BCUT2D eigenvalue weighted by atomic mass is 32.2. The molecule has 22 heavy (non-hydrogen) atoms. The minimum Gasteiger partial charge on any atom is -0.382 e. The second-order valence-corrected chi connectivity index (χ2v) is 7.58. The number of benzene rings is 2. The Balaban J connectivity index is 2.27. The lowest BCUT2D eigenvalue weighted by atomic mass is 9.82. The SMILES string of the molecule is CCC(C)(C)c1ccccc1OS(=O)(=O)Cc1ccccc1. The van der Waals surface area contributed by atoms with Crippen LogP contribution in [0.4, 0.5) is 0 Å². The zero-order chi connectivity index (χ0) is 16.2. The first-order chi connectivity index (χ1) is 10.3. The van der Waals surface area contributed by atoms with Crippen LogP contribution < -0.4 is 4.18 Å². The first kappa shape index (κ1) is 16.6. The predicted molar refractivity (Wildman–Crippen MR) is 89.5 cm³/mol. The summed E-state index contributed by atoms with van der Waals surface area (Å²) in [4.78, 5) is 0. The largest absolute Gasteiger partial charge is 0.382 e. The Hall–Kier alpha value is -1.81. The van der Waals surface area contributed by atoms with Gasteiger partial charge in [-0.05, 0) is 23.5 Å². The zero-order valence-electron chi connectivity index (χ0n) is 13.2. The highest BCUT2D eigenvalue weighted by molar-refractivity contribution is 7.86. The van der Waals surface area contributed by atoms with Crippen molar-refractivity contribution >= 4 is 10.1 Å². The molecule has 0 amide bonds. The Kier molecular flexibility index (Phi) is 4.91. The lowest BCUT2D eigenvalue weighted by Crippen LogP contribution is -2.19. The molecule has 0 aromatic heterocycles. The summed E-state index contributed by atoms with van der Waals surface area (Å²) in [7, 11) is -3.68. The molecule has 0 N–H and O–H groups in total. The Bertz CT molecular complexity index is 719. The van der Waals surface area contributed by atoms with E-state index in [0.29, 0.717) is 5.75 Å². The van der Waals surface area contributed by atoms with E-state index in [1.54, 1.807) is 24.3 Å². The molecule has 0 spiro atoms. The van der Waals surface area contributed by atoms with Crippen molar-refractivity contribution in [3.8, 4) is 5.75 Å². The van der Waals surface area contributed by atoms with Crippen LogP contribution in [0, 0.1) is 0 Å². The molecule has 2 rings (SSSR count). The van der Waals surface area contributed by atoms with E-state index >= 15 is 0 Å². The van der Waals surface area contributed by atoms with Crippen molar-refractivity contribution in [1.82, 2.24) is 0 Å². The van der Waals surface area contributed by atoms with Crippen molar-refractivity contribution in [3.63, 3.8) is 0 Å². The fourth-order valence-electron chi connectivity index (χ4n) is 2.23. The van der Waals surface area contributed by atoms with Crippen molar-refractivity contribution in [2.24, 2.45) is 0 Å². The molecule has 0 aliphatic carbocycles. The quantitative estimate of drug-likeness (QED) is 0.747. The fourth-order valence-corrected chi connectivity index (χ4v) is 3.31. The number of hydrogen-bond donors (Lipinski definition) is 0. The monoisotopic (exact) mass is 318 g/mol. The van der Waals surface area contributed by atoms with Crippen LogP contribution in [-0.2, 0) is 21.3 Å². The molecule has 0 atom stereocenters. The van der Waals surface area contributed by atoms with Gasteiger partial charge < -0.3 is 4.18 Å². The van der Waals surface area contributed by atoms with Crippen LogP contribution in [0.25, 0.3) is 0 Å². The van der Waals surface area contributed by atoms with Crippen molar-refractivity contribution in [1.29, 1.82) is 0 Å². The van der Waals surface area contributed by atoms with Crippen LogP contribution in [0.15, 0.2) is 54.6 Å². The second kappa shape index (κ2) is 6.53. The van der Waals surface area contributed by atoms with Gasteiger partial charge in [-0.15, -0.1) is 0 Å². The maximum absolute atomic E-state index is 12.3. The van der Waals surface area contributed by atoms with Gasteiger partial charge >= 0.3 is 10.1 Å². The summed E-state index contributed by atoms with van der Waals surface area (Å²) in [5.74, 6) is 0.291. The minimum atomic E-state index is -3.68. The van der Waals surface area contributed by atoms with Gasteiger partial charge in [0.15, 0.2) is 0 Å². The van der Waals surface area contributed by atoms with Gasteiger partial charge in [-0.2, -0.15) is 8.42 Å². The number of hydrogen-bond acceptors (Lipinski definition) is 3. The van der Waals surface area contributed by atoms with Gasteiger partial charge in [0.1, 0.15) is 11.5 Å². The molecular weight excluding hydrogens is 296 g/mol. The smallest absolute Gasteiger partial charge is 0.313 e. The van der Waals surface area contributed by atoms with E-state index in [1.165, 1.54) is 0 Å². The molecule has 0 radical (unpaired) electrons. The molecule has 3 nitrogen and oxygen atoms in total. The molecule has 0 fully saturated rings. The first-order valence-electron chi connectivity index (χ1n) is 7.40. The molecule has 0 aliphatic rings. The summed E-state index contributed by atoms with van der Waals surface area (Å²) in [6.45, 7) is 6.24. The molecule has 0 bridgehead atoms. The van der Waals surface area contributed by atoms with Gasteiger partial charge in [0.2, 0.25) is 0 Å². The lowest BCUT2D eigenvalue weighted by molar-refractivity contribution is 0.453. The Labute approximate surface area is 133 Å². The van der Waals surface area contributed by atoms with Gasteiger partial charge in [0.05, 0.1) is 0 Å². The standard InChI is InChI=1S/C18H22O3S/c1-4-18(2,3)16-12-8-9-13-17(16)21-22(19,20)14-15-10-6-5-7-11-15/h5-13H,4,14H2,1-3H3. The summed E-state index contributed by atoms with van der Waals surface area (Å²) >= 11 is 0. The highest BCUT2D eigenvalue weighted by Gasteiger charge is 2.25. The van der Waals surface area contributed by atoms with Crippen molar-refractivity contribution < 1.29 is 12.6 Å². The van der Waals surface area contributed by atoms with E-state index in [0.717, 1.165) is 17.5 Å². The van der Waals surface area contributed by atoms with Crippen LogP contribution in [0.5, 0.6) is 5.75 Å². The lowest BCUT2D eigenvalue weighted by Gasteiger charge is -2.25. The summed E-state index contributed by atoms with van der Waals surface area (Å²) in [6.07, 6.45) is 0.895.